The van der Waals surface area contributed by atoms with Crippen molar-refractivity contribution in [2.45, 2.75) is 37.8 Å². The van der Waals surface area contributed by atoms with E-state index < -0.39 is 28.1 Å². The van der Waals surface area contributed by atoms with Gasteiger partial charge in [-0.2, -0.15) is 9.82 Å². The van der Waals surface area contributed by atoms with Gasteiger partial charge in [0.05, 0.1) is 17.5 Å². The third-order valence-corrected chi connectivity index (χ3v) is 4.43. The van der Waals surface area contributed by atoms with E-state index in [-0.39, 0.29) is 10.6 Å². The van der Waals surface area contributed by atoms with Gasteiger partial charge in [-0.1, -0.05) is 0 Å². The van der Waals surface area contributed by atoms with Gasteiger partial charge in [0, 0.05) is 7.05 Å². The normalized spacial score (nSPS) is 15.2. The summed E-state index contributed by atoms with van der Waals surface area (Å²) in [5, 5.41) is 22.2. The number of sulfonamides is 1. The summed E-state index contributed by atoms with van der Waals surface area (Å²) in [6, 6.07) is -1.61. The lowest BCUT2D eigenvalue weighted by molar-refractivity contribution is -0.141. The van der Waals surface area contributed by atoms with E-state index in [0.29, 0.717) is 5.69 Å². The summed E-state index contributed by atoms with van der Waals surface area (Å²) in [5.74, 6) is -1.45. The number of nitrogens with one attached hydrogen (secondary N) is 1. The number of carbonyl (C=O) groups is 1. The minimum absolute atomic E-state index is 0.0677. The number of rotatable bonds is 5. The number of carboxylic acids is 1. The molecule has 0 saturated heterocycles. The predicted octanol–water partition coefficient (Wildman–Crippen LogP) is -0.851. The van der Waals surface area contributed by atoms with Gasteiger partial charge in [0.15, 0.2) is 0 Å². The maximum absolute atomic E-state index is 12.2. The number of aromatic nitrogens is 2. The number of hydrogen-bond donors (Lipinski definition) is 3. The van der Waals surface area contributed by atoms with Crippen LogP contribution in [0.5, 0.6) is 0 Å². The molecule has 1 rings (SSSR count). The molecule has 0 fully saturated rings. The van der Waals surface area contributed by atoms with Gasteiger partial charge >= 0.3 is 5.97 Å². The number of aliphatic hydroxyl groups excluding tert-OH is 1. The van der Waals surface area contributed by atoms with Crippen molar-refractivity contribution in [3.8, 4) is 0 Å². The Morgan fingerprint density at radius 2 is 1.95 bits per heavy atom. The number of aryl methyl sites for hydroxylation is 2. The Morgan fingerprint density at radius 1 is 1.42 bits per heavy atom. The highest BCUT2D eigenvalue weighted by Crippen LogP contribution is 2.19. The maximum atomic E-state index is 12.2. The Balaban J connectivity index is 3.22. The largest absolute Gasteiger partial charge is 0.480 e. The van der Waals surface area contributed by atoms with Gasteiger partial charge in [-0.25, -0.2) is 8.42 Å². The van der Waals surface area contributed by atoms with Crippen molar-refractivity contribution in [1.82, 2.24) is 14.5 Å². The Labute approximate surface area is 111 Å². The summed E-state index contributed by atoms with van der Waals surface area (Å²) >= 11 is 0. The Morgan fingerprint density at radius 3 is 2.26 bits per heavy atom. The molecule has 1 aromatic heterocycles. The van der Waals surface area contributed by atoms with Crippen molar-refractivity contribution in [3.05, 3.63) is 11.4 Å². The predicted molar refractivity (Wildman–Crippen MR) is 66.1 cm³/mol. The van der Waals surface area contributed by atoms with Crippen LogP contribution in [0.15, 0.2) is 4.90 Å². The fourth-order valence-electron chi connectivity index (χ4n) is 1.72. The molecule has 1 heterocycles. The zero-order valence-electron chi connectivity index (χ0n) is 11.1. The van der Waals surface area contributed by atoms with Crippen LogP contribution < -0.4 is 4.72 Å². The summed E-state index contributed by atoms with van der Waals surface area (Å²) in [6.45, 7) is 4.27. The first-order valence-corrected chi connectivity index (χ1v) is 6.99. The quantitative estimate of drug-likeness (QED) is 0.649. The molecule has 19 heavy (non-hydrogen) atoms. The lowest BCUT2D eigenvalue weighted by Crippen LogP contribution is -2.47. The van der Waals surface area contributed by atoms with E-state index in [1.807, 2.05) is 4.72 Å². The van der Waals surface area contributed by atoms with Crippen LogP contribution in [0, 0.1) is 13.8 Å². The minimum Gasteiger partial charge on any atom is -0.480 e. The standard InChI is InChI=1S/C10H17N3O5S/c1-5-9(6(2)13(4)11-5)19(17,18)12-8(7(3)14)10(15)16/h7-8,12,14H,1-4H3,(H,15,16). The number of hydrogen-bond acceptors (Lipinski definition) is 5. The van der Waals surface area contributed by atoms with Crippen molar-refractivity contribution in [2.75, 3.05) is 0 Å². The zero-order chi connectivity index (χ0) is 15.0. The Bertz CT molecular complexity index is 591. The molecule has 0 radical (unpaired) electrons. The van der Waals surface area contributed by atoms with Crippen LogP contribution in [0.2, 0.25) is 0 Å². The van der Waals surface area contributed by atoms with Crippen molar-refractivity contribution in [2.24, 2.45) is 7.05 Å². The number of aliphatic hydroxyl groups is 1. The van der Waals surface area contributed by atoms with E-state index in [0.717, 1.165) is 0 Å². The van der Waals surface area contributed by atoms with E-state index in [1.165, 1.54) is 18.5 Å². The smallest absolute Gasteiger partial charge is 0.324 e. The van der Waals surface area contributed by atoms with E-state index in [2.05, 4.69) is 5.10 Å². The van der Waals surface area contributed by atoms with Gasteiger partial charge in [0.25, 0.3) is 0 Å². The van der Waals surface area contributed by atoms with Gasteiger partial charge in [-0.15, -0.1) is 0 Å². The van der Waals surface area contributed by atoms with Gasteiger partial charge in [-0.05, 0) is 20.8 Å². The summed E-state index contributed by atoms with van der Waals surface area (Å²) < 4.78 is 27.7. The van der Waals surface area contributed by atoms with E-state index in [1.54, 1.807) is 14.0 Å². The Hall–Kier alpha value is -1.45. The van der Waals surface area contributed by atoms with Crippen LogP contribution in [0.4, 0.5) is 0 Å². The third kappa shape index (κ3) is 3.11. The topological polar surface area (TPSA) is 122 Å². The Kier molecular flexibility index (Phi) is 4.33. The second-order valence-electron chi connectivity index (χ2n) is 4.30. The number of aliphatic carboxylic acids is 1. The lowest BCUT2D eigenvalue weighted by atomic mass is 10.2. The summed E-state index contributed by atoms with van der Waals surface area (Å²) in [6.07, 6.45) is -1.36. The highest BCUT2D eigenvalue weighted by Gasteiger charge is 2.32. The first-order valence-electron chi connectivity index (χ1n) is 5.51. The van der Waals surface area contributed by atoms with Gasteiger partial charge in [0.1, 0.15) is 10.9 Å². The minimum atomic E-state index is -4.06. The molecule has 0 aliphatic heterocycles. The molecule has 0 aliphatic rings. The SMILES string of the molecule is Cc1nn(C)c(C)c1S(=O)(=O)NC(C(=O)O)C(C)O. The maximum Gasteiger partial charge on any atom is 0.324 e. The molecule has 0 bridgehead atoms. The second kappa shape index (κ2) is 5.27. The van der Waals surface area contributed by atoms with Crippen molar-refractivity contribution >= 4 is 16.0 Å². The van der Waals surface area contributed by atoms with E-state index in [9.17, 15) is 18.3 Å². The first kappa shape index (κ1) is 15.6. The second-order valence-corrected chi connectivity index (χ2v) is 5.95. The van der Waals surface area contributed by atoms with E-state index >= 15 is 0 Å². The third-order valence-electron chi connectivity index (χ3n) is 2.74. The molecule has 8 nitrogen and oxygen atoms in total. The molecule has 3 N–H and O–H groups in total. The summed E-state index contributed by atoms with van der Waals surface area (Å²) in [5.41, 5.74) is 0.655. The molecule has 0 spiro atoms. The average molecular weight is 291 g/mol. The molecule has 1 aromatic rings. The molecule has 108 valence electrons. The molecular formula is C10H17N3O5S. The number of nitrogens with zero attached hydrogens (tertiary/aromatic N) is 2. The van der Waals surface area contributed by atoms with Gasteiger partial charge < -0.3 is 10.2 Å². The van der Waals surface area contributed by atoms with Crippen molar-refractivity contribution in [3.63, 3.8) is 0 Å². The monoisotopic (exact) mass is 291 g/mol. The fraction of sp³-hybridized carbons (Fsp3) is 0.600. The van der Waals surface area contributed by atoms with E-state index in [4.69, 9.17) is 5.11 Å². The molecule has 2 atom stereocenters. The average Bonchev–Trinajstić information content (AvgIpc) is 2.49. The molecule has 0 aliphatic carbocycles. The summed E-state index contributed by atoms with van der Waals surface area (Å²) in [4.78, 5) is 10.8. The van der Waals surface area contributed by atoms with Crippen LogP contribution in [0.25, 0.3) is 0 Å². The molecule has 9 heteroatoms. The molecule has 0 saturated carbocycles. The van der Waals surface area contributed by atoms with Gasteiger partial charge in [0.2, 0.25) is 10.0 Å². The van der Waals surface area contributed by atoms with Crippen LogP contribution in [-0.4, -0.2) is 46.5 Å². The molecular weight excluding hydrogens is 274 g/mol. The zero-order valence-corrected chi connectivity index (χ0v) is 11.9. The molecule has 2 unspecified atom stereocenters. The van der Waals surface area contributed by atoms with Crippen molar-refractivity contribution < 1.29 is 23.4 Å². The molecule has 0 amide bonds. The first-order chi connectivity index (χ1) is 8.58. The van der Waals surface area contributed by atoms with Crippen LogP contribution in [0.1, 0.15) is 18.3 Å². The summed E-state index contributed by atoms with van der Waals surface area (Å²) in [7, 11) is -2.48. The van der Waals surface area contributed by atoms with Crippen molar-refractivity contribution in [1.29, 1.82) is 0 Å². The fourth-order valence-corrected chi connectivity index (χ4v) is 3.43. The lowest BCUT2D eigenvalue weighted by Gasteiger charge is -2.17. The van der Waals surface area contributed by atoms with Crippen LogP contribution in [-0.2, 0) is 21.9 Å². The number of carboxylic acid groups (broad SMARTS) is 1. The highest BCUT2D eigenvalue weighted by atomic mass is 32.2. The van der Waals surface area contributed by atoms with Crippen LogP contribution in [0.3, 0.4) is 0 Å². The highest BCUT2D eigenvalue weighted by molar-refractivity contribution is 7.89. The molecule has 0 aromatic carbocycles. The van der Waals surface area contributed by atoms with Crippen LogP contribution >= 0.6 is 0 Å². The van der Waals surface area contributed by atoms with Gasteiger partial charge in [-0.3, -0.25) is 9.48 Å².